The summed E-state index contributed by atoms with van der Waals surface area (Å²) < 4.78 is 6.66. The van der Waals surface area contributed by atoms with Gasteiger partial charge in [-0.3, -0.25) is 4.79 Å². The van der Waals surface area contributed by atoms with Gasteiger partial charge < -0.3 is 10.1 Å². The van der Waals surface area contributed by atoms with Crippen LogP contribution in [0.3, 0.4) is 0 Å². The van der Waals surface area contributed by atoms with Crippen LogP contribution in [0.1, 0.15) is 37.1 Å². The number of hydrogen-bond donors (Lipinski definition) is 1. The van der Waals surface area contributed by atoms with Crippen LogP contribution < -0.4 is 10.1 Å². The third kappa shape index (κ3) is 4.75. The van der Waals surface area contributed by atoms with E-state index in [9.17, 15) is 4.79 Å². The number of carbonyl (C=O) groups excluding carboxylic acids is 1. The first-order chi connectivity index (χ1) is 11.2. The number of benzene rings is 1. The molecule has 7 heteroatoms. The lowest BCUT2D eigenvalue weighted by Crippen LogP contribution is -2.24. The van der Waals surface area contributed by atoms with Gasteiger partial charge in [-0.2, -0.15) is 0 Å². The van der Waals surface area contributed by atoms with Crippen molar-refractivity contribution in [2.45, 2.75) is 38.7 Å². The van der Waals surface area contributed by atoms with Gasteiger partial charge in [0, 0.05) is 10.4 Å². The van der Waals surface area contributed by atoms with Gasteiger partial charge in [0.1, 0.15) is 12.4 Å². The molecule has 0 unspecified atom stereocenters. The number of hydrogen-bond acceptors (Lipinski definition) is 5. The Morgan fingerprint density at radius 3 is 2.70 bits per heavy atom. The molecule has 1 aliphatic rings. The van der Waals surface area contributed by atoms with Crippen molar-refractivity contribution in [2.24, 2.45) is 5.92 Å². The Morgan fingerprint density at radius 1 is 1.22 bits per heavy atom. The van der Waals surface area contributed by atoms with E-state index in [2.05, 4.69) is 31.4 Å². The maximum atomic E-state index is 12.2. The second kappa shape index (κ2) is 7.88. The lowest BCUT2D eigenvalue weighted by molar-refractivity contribution is -0.120. The summed E-state index contributed by atoms with van der Waals surface area (Å²) in [6, 6.07) is 7.62. The highest BCUT2D eigenvalue weighted by atomic mass is 79.9. The molecule has 0 spiro atoms. The van der Waals surface area contributed by atoms with Crippen molar-refractivity contribution in [3.8, 4) is 5.75 Å². The largest absolute Gasteiger partial charge is 0.486 e. The minimum Gasteiger partial charge on any atom is -0.486 e. The van der Waals surface area contributed by atoms with Crippen LogP contribution in [0.5, 0.6) is 5.75 Å². The highest BCUT2D eigenvalue weighted by molar-refractivity contribution is 9.10. The van der Waals surface area contributed by atoms with E-state index in [0.717, 1.165) is 40.9 Å². The molecule has 1 amide bonds. The molecule has 1 heterocycles. The molecular formula is C16H18BrN3O2S. The fourth-order valence-corrected chi connectivity index (χ4v) is 3.53. The summed E-state index contributed by atoms with van der Waals surface area (Å²) in [5, 5.41) is 12.3. The zero-order chi connectivity index (χ0) is 16.1. The van der Waals surface area contributed by atoms with Crippen molar-refractivity contribution in [3.05, 3.63) is 33.7 Å². The highest BCUT2D eigenvalue weighted by Crippen LogP contribution is 2.26. The fourth-order valence-electron chi connectivity index (χ4n) is 2.61. The van der Waals surface area contributed by atoms with Crippen LogP contribution in [0.15, 0.2) is 28.7 Å². The molecule has 5 nitrogen and oxygen atoms in total. The third-order valence-electron chi connectivity index (χ3n) is 3.85. The SMILES string of the molecule is O=C(Nc1nnc(COc2ccc(Br)cc2)s1)C1CCCCC1. The number of amides is 1. The zero-order valence-corrected chi connectivity index (χ0v) is 15.0. The van der Waals surface area contributed by atoms with Gasteiger partial charge in [-0.05, 0) is 37.1 Å². The number of anilines is 1. The van der Waals surface area contributed by atoms with Crippen molar-refractivity contribution in [2.75, 3.05) is 5.32 Å². The maximum absolute atomic E-state index is 12.2. The predicted octanol–water partition coefficient (Wildman–Crippen LogP) is 4.40. The van der Waals surface area contributed by atoms with E-state index in [1.807, 2.05) is 24.3 Å². The summed E-state index contributed by atoms with van der Waals surface area (Å²) in [6.07, 6.45) is 5.47. The van der Waals surface area contributed by atoms with Crippen molar-refractivity contribution < 1.29 is 9.53 Å². The van der Waals surface area contributed by atoms with Crippen LogP contribution in [0.2, 0.25) is 0 Å². The van der Waals surface area contributed by atoms with Crippen molar-refractivity contribution in [1.29, 1.82) is 0 Å². The molecular weight excluding hydrogens is 378 g/mol. The topological polar surface area (TPSA) is 64.1 Å². The molecule has 0 atom stereocenters. The monoisotopic (exact) mass is 395 g/mol. The van der Waals surface area contributed by atoms with Crippen LogP contribution in [0, 0.1) is 5.92 Å². The molecule has 1 N–H and O–H groups in total. The van der Waals surface area contributed by atoms with Crippen molar-refractivity contribution in [3.63, 3.8) is 0 Å². The molecule has 0 radical (unpaired) electrons. The summed E-state index contributed by atoms with van der Waals surface area (Å²) in [6.45, 7) is 0.346. The summed E-state index contributed by atoms with van der Waals surface area (Å²) >= 11 is 4.74. The van der Waals surface area contributed by atoms with Gasteiger partial charge in [-0.15, -0.1) is 10.2 Å². The van der Waals surface area contributed by atoms with E-state index in [0.29, 0.717) is 11.7 Å². The Labute approximate surface area is 147 Å². The van der Waals surface area contributed by atoms with E-state index in [4.69, 9.17) is 4.74 Å². The quantitative estimate of drug-likeness (QED) is 0.814. The zero-order valence-electron chi connectivity index (χ0n) is 12.6. The third-order valence-corrected chi connectivity index (χ3v) is 5.19. The average Bonchev–Trinajstić information content (AvgIpc) is 3.02. The Balaban J connectivity index is 1.51. The van der Waals surface area contributed by atoms with Gasteiger partial charge in [0.25, 0.3) is 0 Å². The maximum Gasteiger partial charge on any atom is 0.229 e. The minimum atomic E-state index is 0.0706. The van der Waals surface area contributed by atoms with E-state index >= 15 is 0 Å². The Hall–Kier alpha value is -1.47. The van der Waals surface area contributed by atoms with Crippen LogP contribution in [0.25, 0.3) is 0 Å². The second-order valence-corrected chi connectivity index (χ2v) is 7.55. The van der Waals surface area contributed by atoms with Gasteiger partial charge in [0.2, 0.25) is 11.0 Å². The van der Waals surface area contributed by atoms with Crippen molar-refractivity contribution >= 4 is 38.3 Å². The summed E-state index contributed by atoms with van der Waals surface area (Å²) in [4.78, 5) is 12.2. The van der Waals surface area contributed by atoms with Crippen LogP contribution in [-0.2, 0) is 11.4 Å². The van der Waals surface area contributed by atoms with Crippen LogP contribution in [-0.4, -0.2) is 16.1 Å². The number of nitrogens with zero attached hydrogens (tertiary/aromatic N) is 2. The molecule has 0 saturated heterocycles. The van der Waals surface area contributed by atoms with Gasteiger partial charge in [-0.25, -0.2) is 0 Å². The highest BCUT2D eigenvalue weighted by Gasteiger charge is 2.22. The van der Waals surface area contributed by atoms with Gasteiger partial charge in [-0.1, -0.05) is 46.5 Å². The van der Waals surface area contributed by atoms with E-state index < -0.39 is 0 Å². The summed E-state index contributed by atoms with van der Waals surface area (Å²) in [5.74, 6) is 0.965. The van der Waals surface area contributed by atoms with Gasteiger partial charge in [0.05, 0.1) is 0 Å². The Morgan fingerprint density at radius 2 is 1.96 bits per heavy atom. The van der Waals surface area contributed by atoms with Crippen molar-refractivity contribution in [1.82, 2.24) is 10.2 Å². The number of ether oxygens (including phenoxy) is 1. The number of nitrogens with one attached hydrogen (secondary N) is 1. The molecule has 1 aliphatic carbocycles. The second-order valence-electron chi connectivity index (χ2n) is 5.57. The normalized spacial score (nSPS) is 15.3. The minimum absolute atomic E-state index is 0.0706. The van der Waals surface area contributed by atoms with Gasteiger partial charge in [0.15, 0.2) is 5.01 Å². The molecule has 23 heavy (non-hydrogen) atoms. The number of carbonyl (C=O) groups is 1. The molecule has 0 aliphatic heterocycles. The number of aromatic nitrogens is 2. The Kier molecular flexibility index (Phi) is 5.61. The van der Waals surface area contributed by atoms with E-state index in [1.165, 1.54) is 17.8 Å². The first kappa shape index (κ1) is 16.4. The van der Waals surface area contributed by atoms with Crippen LogP contribution in [0.4, 0.5) is 5.13 Å². The smallest absolute Gasteiger partial charge is 0.229 e. The number of rotatable bonds is 5. The van der Waals surface area contributed by atoms with Crippen LogP contribution >= 0.6 is 27.3 Å². The molecule has 1 aromatic heterocycles. The molecule has 1 fully saturated rings. The average molecular weight is 396 g/mol. The standard InChI is InChI=1S/C16H18BrN3O2S/c17-12-6-8-13(9-7-12)22-10-14-19-20-16(23-14)18-15(21)11-4-2-1-3-5-11/h6-9,11H,1-5,10H2,(H,18,20,21). The molecule has 1 saturated carbocycles. The molecule has 122 valence electrons. The fraction of sp³-hybridized carbons (Fsp3) is 0.438. The summed E-state index contributed by atoms with van der Waals surface area (Å²) in [5.41, 5.74) is 0. The lowest BCUT2D eigenvalue weighted by atomic mass is 9.89. The van der Waals surface area contributed by atoms with E-state index in [-0.39, 0.29) is 11.8 Å². The summed E-state index contributed by atoms with van der Waals surface area (Å²) in [7, 11) is 0. The molecule has 1 aromatic carbocycles. The van der Waals surface area contributed by atoms with E-state index in [1.54, 1.807) is 0 Å². The Bertz CT molecular complexity index is 654. The number of halogens is 1. The predicted molar refractivity (Wildman–Crippen MR) is 93.6 cm³/mol. The molecule has 2 aromatic rings. The first-order valence-corrected chi connectivity index (χ1v) is 9.33. The molecule has 3 rings (SSSR count). The molecule has 0 bridgehead atoms. The van der Waals surface area contributed by atoms with Gasteiger partial charge >= 0.3 is 0 Å². The first-order valence-electron chi connectivity index (χ1n) is 7.72. The lowest BCUT2D eigenvalue weighted by Gasteiger charge is -2.19.